The molecule has 0 spiro atoms. The maximum atomic E-state index is 11.1. The summed E-state index contributed by atoms with van der Waals surface area (Å²) in [6.07, 6.45) is 3.69. The molecule has 0 N–H and O–H groups in total. The normalized spacial score (nSPS) is 31.6. The number of carboxylic acids is 1. The fourth-order valence-corrected chi connectivity index (χ4v) is 3.47. The van der Waals surface area contributed by atoms with E-state index in [0.717, 1.165) is 5.76 Å². The third-order valence-corrected chi connectivity index (χ3v) is 4.94. The third kappa shape index (κ3) is 4.23. The Morgan fingerprint density at radius 2 is 1.52 bits per heavy atom. The molecule has 0 saturated carbocycles. The zero-order valence-corrected chi connectivity index (χ0v) is 16.0. The van der Waals surface area contributed by atoms with Gasteiger partial charge in [-0.15, -0.1) is 0 Å². The van der Waals surface area contributed by atoms with Crippen molar-refractivity contribution >= 4 is 17.8 Å². The monoisotopic (exact) mass is 411 g/mol. The number of carbonyl (C=O) groups excluding carboxylic acids is 3. The molecule has 0 aromatic heterocycles. The summed E-state index contributed by atoms with van der Waals surface area (Å²) >= 11 is 0. The Balaban J connectivity index is 0.000000202. The molecule has 0 aliphatic carbocycles. The molecular weight excluding hydrogens is 384 g/mol. The minimum Gasteiger partial charge on any atom is -0.547 e. The van der Waals surface area contributed by atoms with Gasteiger partial charge in [0.05, 0.1) is 38.1 Å². The summed E-state index contributed by atoms with van der Waals surface area (Å²) in [6, 6.07) is -1.01. The number of carboxylic acid groups (broad SMARTS) is 1. The molecule has 0 aromatic rings. The van der Waals surface area contributed by atoms with E-state index in [1.54, 1.807) is 12.0 Å². The fourth-order valence-electron chi connectivity index (χ4n) is 3.47. The second-order valence-electron chi connectivity index (χ2n) is 6.68. The van der Waals surface area contributed by atoms with Gasteiger partial charge >= 0.3 is 0 Å². The van der Waals surface area contributed by atoms with Gasteiger partial charge in [0, 0.05) is 14.2 Å². The van der Waals surface area contributed by atoms with Gasteiger partial charge in [-0.2, -0.15) is 0 Å². The highest BCUT2D eigenvalue weighted by molar-refractivity contribution is 5.90. The van der Waals surface area contributed by atoms with E-state index in [9.17, 15) is 19.5 Å². The molecule has 29 heavy (non-hydrogen) atoms. The molecule has 0 radical (unpaired) electrons. The van der Waals surface area contributed by atoms with Crippen molar-refractivity contribution in [1.29, 1.82) is 0 Å². The van der Waals surface area contributed by atoms with Gasteiger partial charge in [-0.3, -0.25) is 19.4 Å². The van der Waals surface area contributed by atoms with Crippen LogP contribution in [0.25, 0.3) is 0 Å². The minimum atomic E-state index is -1.33. The van der Waals surface area contributed by atoms with E-state index in [1.165, 1.54) is 18.1 Å². The van der Waals surface area contributed by atoms with Crippen molar-refractivity contribution in [3.05, 3.63) is 23.7 Å². The third-order valence-electron chi connectivity index (χ3n) is 4.94. The lowest BCUT2D eigenvalue weighted by atomic mass is 10.1. The molecule has 4 heterocycles. The van der Waals surface area contributed by atoms with E-state index in [2.05, 4.69) is 0 Å². The predicted octanol–water partition coefficient (Wildman–Crippen LogP) is -0.646. The smallest absolute Gasteiger partial charge is 0.232 e. The molecular formula is C19H27N2O8-. The summed E-state index contributed by atoms with van der Waals surface area (Å²) in [5.41, 5.74) is 0. The van der Waals surface area contributed by atoms with Crippen molar-refractivity contribution in [2.45, 2.75) is 51.7 Å². The number of methoxy groups -OCH3 is 2. The molecule has 10 nitrogen and oxygen atoms in total. The van der Waals surface area contributed by atoms with E-state index in [1.807, 2.05) is 13.0 Å². The van der Waals surface area contributed by atoms with Crippen molar-refractivity contribution in [2.24, 2.45) is 0 Å². The lowest BCUT2D eigenvalue weighted by Gasteiger charge is -2.35. The number of ether oxygens (including phenoxy) is 4. The standard InChI is InChI=1S/C9H11NO5.C9H13NO3.CH4/c1-14-3-2-5-8(9(12)13)10-6(11)4-7(10)15-5;1-6-7(3-4-12-2)13-9-5-8(11)10(6)9;/h2,7-8H,3-4H2,1H3,(H,12,13);3,6,9H,4-5H2,1-2H3;1H4/p-1/b5-2-;7-3-;. The summed E-state index contributed by atoms with van der Waals surface area (Å²) in [7, 11) is 3.12. The average Bonchev–Trinajstić information content (AvgIpc) is 3.08. The fraction of sp³-hybridized carbons (Fsp3) is 0.632. The molecule has 4 fully saturated rings. The SMILES string of the molecule is C.COC/C=C1\OC2CC(=O)N2C1C.COC/C=C1\OC2CC(=O)N2C1C(=O)[O-]. The number of nitrogens with zero attached hydrogens (tertiary/aromatic N) is 2. The van der Waals surface area contributed by atoms with Gasteiger partial charge in [0.25, 0.3) is 0 Å². The van der Waals surface area contributed by atoms with Crippen LogP contribution in [0.4, 0.5) is 0 Å². The van der Waals surface area contributed by atoms with Crippen molar-refractivity contribution in [3.63, 3.8) is 0 Å². The molecule has 4 aliphatic heterocycles. The molecule has 0 bridgehead atoms. The second kappa shape index (κ2) is 9.27. The van der Waals surface area contributed by atoms with E-state index >= 15 is 0 Å². The van der Waals surface area contributed by atoms with Crippen LogP contribution in [0.1, 0.15) is 27.2 Å². The number of hydrogen-bond acceptors (Lipinski definition) is 8. The first-order valence-electron chi connectivity index (χ1n) is 8.93. The highest BCUT2D eigenvalue weighted by atomic mass is 16.5. The molecule has 4 rings (SSSR count). The maximum absolute atomic E-state index is 11.1. The first-order valence-corrected chi connectivity index (χ1v) is 8.93. The van der Waals surface area contributed by atoms with Crippen molar-refractivity contribution in [3.8, 4) is 0 Å². The average molecular weight is 411 g/mol. The number of rotatable bonds is 5. The van der Waals surface area contributed by atoms with Crippen LogP contribution in [-0.4, -0.2) is 79.6 Å². The Morgan fingerprint density at radius 3 is 1.97 bits per heavy atom. The van der Waals surface area contributed by atoms with Gasteiger partial charge in [0.15, 0.2) is 12.5 Å². The van der Waals surface area contributed by atoms with Crippen LogP contribution in [0.2, 0.25) is 0 Å². The van der Waals surface area contributed by atoms with Gasteiger partial charge in [-0.1, -0.05) is 7.43 Å². The molecule has 2 amide bonds. The first kappa shape index (κ1) is 22.7. The van der Waals surface area contributed by atoms with Gasteiger partial charge in [0.1, 0.15) is 17.6 Å². The molecule has 162 valence electrons. The molecule has 10 heteroatoms. The van der Waals surface area contributed by atoms with Crippen molar-refractivity contribution < 1.29 is 38.4 Å². The lowest BCUT2D eigenvalue weighted by molar-refractivity contribution is -0.310. The van der Waals surface area contributed by atoms with Gasteiger partial charge in [-0.05, 0) is 19.1 Å². The summed E-state index contributed by atoms with van der Waals surface area (Å²) in [5.74, 6) is -0.286. The number of amides is 2. The molecule has 4 unspecified atom stereocenters. The van der Waals surface area contributed by atoms with E-state index in [0.29, 0.717) is 13.0 Å². The topological polar surface area (TPSA) is 118 Å². The number of aliphatic carboxylic acids is 1. The van der Waals surface area contributed by atoms with E-state index < -0.39 is 18.2 Å². The van der Waals surface area contributed by atoms with Crippen LogP contribution in [-0.2, 0) is 33.3 Å². The Bertz CT molecular complexity index is 719. The summed E-state index contributed by atoms with van der Waals surface area (Å²) < 4.78 is 20.5. The predicted molar refractivity (Wildman–Crippen MR) is 97.6 cm³/mol. The van der Waals surface area contributed by atoms with E-state index in [4.69, 9.17) is 18.9 Å². The van der Waals surface area contributed by atoms with Crippen LogP contribution >= 0.6 is 0 Å². The second-order valence-corrected chi connectivity index (χ2v) is 6.68. The number of hydrogen-bond donors (Lipinski definition) is 0. The summed E-state index contributed by atoms with van der Waals surface area (Å²) in [5, 5.41) is 10.8. The van der Waals surface area contributed by atoms with Gasteiger partial charge < -0.3 is 28.8 Å². The van der Waals surface area contributed by atoms with Crippen molar-refractivity contribution in [2.75, 3.05) is 27.4 Å². The maximum Gasteiger partial charge on any atom is 0.232 e. The van der Waals surface area contributed by atoms with Crippen LogP contribution < -0.4 is 5.11 Å². The van der Waals surface area contributed by atoms with Crippen LogP contribution in [0, 0.1) is 0 Å². The Hall–Kier alpha value is -2.59. The highest BCUT2D eigenvalue weighted by Crippen LogP contribution is 2.36. The molecule has 4 aliphatic rings. The zero-order chi connectivity index (χ0) is 20.4. The lowest BCUT2D eigenvalue weighted by Crippen LogP contribution is -2.57. The minimum absolute atomic E-state index is 0. The molecule has 4 saturated heterocycles. The first-order chi connectivity index (χ1) is 13.4. The number of fused-ring (bicyclic) bond motifs is 2. The van der Waals surface area contributed by atoms with Crippen LogP contribution in [0.15, 0.2) is 23.7 Å². The van der Waals surface area contributed by atoms with Gasteiger partial charge in [-0.25, -0.2) is 0 Å². The summed E-state index contributed by atoms with van der Waals surface area (Å²) in [4.78, 5) is 36.1. The molecule has 4 atom stereocenters. The Morgan fingerprint density at radius 1 is 1.03 bits per heavy atom. The van der Waals surface area contributed by atoms with Crippen LogP contribution in [0.5, 0.6) is 0 Å². The van der Waals surface area contributed by atoms with Crippen molar-refractivity contribution in [1.82, 2.24) is 9.80 Å². The highest BCUT2D eigenvalue weighted by Gasteiger charge is 2.51. The quantitative estimate of drug-likeness (QED) is 0.548. The van der Waals surface area contributed by atoms with E-state index in [-0.39, 0.29) is 50.3 Å². The molecule has 0 aromatic carbocycles. The summed E-state index contributed by atoms with van der Waals surface area (Å²) in [6.45, 7) is 2.75. The Labute approximate surface area is 169 Å². The largest absolute Gasteiger partial charge is 0.547 e. The number of β-lactam (4-membered cyclic amide) rings is 2. The number of carbonyl (C=O) groups is 3. The van der Waals surface area contributed by atoms with Crippen LogP contribution in [0.3, 0.4) is 0 Å². The zero-order valence-electron chi connectivity index (χ0n) is 16.0. The van der Waals surface area contributed by atoms with Gasteiger partial charge in [0.2, 0.25) is 11.8 Å². The Kier molecular flexibility index (Phi) is 7.26.